The van der Waals surface area contributed by atoms with Crippen molar-refractivity contribution in [2.75, 3.05) is 13.1 Å². The summed E-state index contributed by atoms with van der Waals surface area (Å²) in [4.78, 5) is 14.1. The summed E-state index contributed by atoms with van der Waals surface area (Å²) < 4.78 is 43.3. The second-order valence-electron chi connectivity index (χ2n) is 9.23. The second-order valence-corrected chi connectivity index (χ2v) is 9.23. The molecule has 4 aliphatic rings. The van der Waals surface area contributed by atoms with E-state index in [4.69, 9.17) is 9.52 Å². The number of carbonyl (C=O) groups is 1. The van der Waals surface area contributed by atoms with Crippen LogP contribution < -0.4 is 5.32 Å². The lowest BCUT2D eigenvalue weighted by molar-refractivity contribution is -0.205. The highest BCUT2D eigenvalue weighted by molar-refractivity contribution is 5.81. The first-order chi connectivity index (χ1) is 15.3. The Hall–Kier alpha value is -2.06. The van der Waals surface area contributed by atoms with Gasteiger partial charge in [0.1, 0.15) is 5.76 Å². The van der Waals surface area contributed by atoms with Crippen LogP contribution in [0.25, 0.3) is 11.3 Å². The van der Waals surface area contributed by atoms with Crippen molar-refractivity contribution in [3.63, 3.8) is 0 Å². The highest BCUT2D eigenvalue weighted by Crippen LogP contribution is 2.36. The van der Waals surface area contributed by atoms with Crippen LogP contribution in [0.3, 0.4) is 0 Å². The molecular weight excluding hydrogens is 421 g/mol. The molecule has 0 aromatic heterocycles. The van der Waals surface area contributed by atoms with Crippen LogP contribution in [0.2, 0.25) is 0 Å². The van der Waals surface area contributed by atoms with Crippen molar-refractivity contribution in [2.24, 2.45) is 5.92 Å². The molecule has 0 aromatic carbocycles. The maximum absolute atomic E-state index is 12.5. The molecule has 2 fully saturated rings. The molecule has 2 N–H and O–H groups in total. The number of halogens is 3. The zero-order chi connectivity index (χ0) is 22.7. The molecule has 4 rings (SSSR count). The van der Waals surface area contributed by atoms with Gasteiger partial charge in [-0.15, -0.1) is 0 Å². The molecule has 32 heavy (non-hydrogen) atoms. The maximum Gasteiger partial charge on any atom is 0.423 e. The number of aliphatic hydroxyl groups excluding tert-OH is 1. The van der Waals surface area contributed by atoms with Gasteiger partial charge in [-0.25, -0.2) is 0 Å². The van der Waals surface area contributed by atoms with Gasteiger partial charge in [-0.3, -0.25) is 9.69 Å². The predicted octanol–water partition coefficient (Wildman–Crippen LogP) is 4.90. The fourth-order valence-corrected chi connectivity index (χ4v) is 5.17. The van der Waals surface area contributed by atoms with E-state index in [1.165, 1.54) is 18.4 Å². The molecule has 2 aliphatic heterocycles. The molecule has 1 saturated heterocycles. The number of rotatable bonds is 6. The van der Waals surface area contributed by atoms with Crippen LogP contribution in [0.4, 0.5) is 13.2 Å². The number of amides is 1. The largest absolute Gasteiger partial charge is 0.464 e. The van der Waals surface area contributed by atoms with E-state index in [9.17, 15) is 18.0 Å². The van der Waals surface area contributed by atoms with Crippen molar-refractivity contribution in [2.45, 2.75) is 75.7 Å². The van der Waals surface area contributed by atoms with Crippen molar-refractivity contribution in [3.05, 3.63) is 36.1 Å². The van der Waals surface area contributed by atoms with Crippen LogP contribution >= 0.6 is 0 Å². The molecular formula is C24H31F3N2O3. The maximum atomic E-state index is 12.5. The molecule has 2 atom stereocenters. The Balaban J connectivity index is 1.26. The van der Waals surface area contributed by atoms with E-state index >= 15 is 0 Å². The second kappa shape index (κ2) is 9.83. The van der Waals surface area contributed by atoms with E-state index < -0.39 is 18.2 Å². The number of nitrogens with zero attached hydrogens (tertiary/aromatic N) is 1. The minimum absolute atomic E-state index is 0.295. The minimum Gasteiger partial charge on any atom is -0.464 e. The van der Waals surface area contributed by atoms with E-state index in [0.29, 0.717) is 24.8 Å². The Labute approximate surface area is 186 Å². The van der Waals surface area contributed by atoms with Gasteiger partial charge < -0.3 is 14.8 Å². The van der Waals surface area contributed by atoms with Gasteiger partial charge in [-0.05, 0) is 76.1 Å². The van der Waals surface area contributed by atoms with Crippen LogP contribution in [0.15, 0.2) is 34.9 Å². The molecule has 0 spiro atoms. The Morgan fingerprint density at radius 3 is 2.72 bits per heavy atom. The molecule has 0 aromatic rings. The quantitative estimate of drug-likeness (QED) is 0.654. The fraction of sp³-hybridized carbons (Fsp3) is 0.625. The predicted molar refractivity (Wildman–Crippen MR) is 114 cm³/mol. The third-order valence-electron chi connectivity index (χ3n) is 7.03. The smallest absolute Gasteiger partial charge is 0.423 e. The van der Waals surface area contributed by atoms with Crippen molar-refractivity contribution in [1.29, 1.82) is 0 Å². The SMILES string of the molecule is O=C(NC1CCC(CCN2CCCCC2c2coc3cccc-3c2)CC1)C(O)C(F)(F)F. The molecule has 2 aliphatic carbocycles. The summed E-state index contributed by atoms with van der Waals surface area (Å²) in [5, 5.41) is 11.4. The lowest BCUT2D eigenvalue weighted by Gasteiger charge is -2.37. The van der Waals surface area contributed by atoms with Crippen molar-refractivity contribution >= 4 is 5.91 Å². The highest BCUT2D eigenvalue weighted by atomic mass is 19.4. The van der Waals surface area contributed by atoms with Gasteiger partial charge in [-0.2, -0.15) is 13.2 Å². The van der Waals surface area contributed by atoms with Crippen LogP contribution in [0.1, 0.15) is 63.0 Å². The first-order valence-corrected chi connectivity index (χ1v) is 11.6. The van der Waals surface area contributed by atoms with Crippen molar-refractivity contribution < 1.29 is 27.5 Å². The Bertz CT molecular complexity index is 860. The number of piperidine rings is 1. The van der Waals surface area contributed by atoms with E-state index in [-0.39, 0.29) is 6.04 Å². The third kappa shape index (κ3) is 5.46. The number of nitrogens with one attached hydrogen (secondary N) is 1. The third-order valence-corrected chi connectivity index (χ3v) is 7.03. The zero-order valence-corrected chi connectivity index (χ0v) is 18.1. The van der Waals surface area contributed by atoms with Crippen molar-refractivity contribution in [1.82, 2.24) is 10.2 Å². The van der Waals surface area contributed by atoms with Gasteiger partial charge in [0.25, 0.3) is 5.91 Å². The molecule has 2 unspecified atom stereocenters. The number of likely N-dealkylation sites (tertiary alicyclic amines) is 1. The number of fused-ring (bicyclic) bond motifs is 1. The summed E-state index contributed by atoms with van der Waals surface area (Å²) >= 11 is 0. The standard InChI is InChI=1S/C24H31F3N2O3/c25-24(26,27)22(30)23(31)28-19-9-7-16(8-10-19)11-13-29-12-2-1-5-20(29)18-14-17-4-3-6-21(17)32-15-18/h3-4,6,14-16,19-20,22,30H,1-2,5,7-13H2,(H,28,31). The average Bonchev–Trinajstić information content (AvgIpc) is 3.25. The first-order valence-electron chi connectivity index (χ1n) is 11.6. The Morgan fingerprint density at radius 1 is 1.19 bits per heavy atom. The monoisotopic (exact) mass is 452 g/mol. The van der Waals surface area contributed by atoms with E-state index in [0.717, 1.165) is 50.1 Å². The molecule has 1 amide bonds. The zero-order valence-electron chi connectivity index (χ0n) is 18.1. The highest BCUT2D eigenvalue weighted by Gasteiger charge is 2.44. The van der Waals surface area contributed by atoms with E-state index in [1.807, 2.05) is 18.4 Å². The van der Waals surface area contributed by atoms with Crippen LogP contribution in [-0.2, 0) is 4.79 Å². The molecule has 1 saturated carbocycles. The number of hydrogen-bond acceptors (Lipinski definition) is 4. The lowest BCUT2D eigenvalue weighted by Crippen LogP contribution is -2.48. The molecule has 8 heteroatoms. The molecule has 0 radical (unpaired) electrons. The van der Waals surface area contributed by atoms with Gasteiger partial charge >= 0.3 is 6.18 Å². The molecule has 0 bridgehead atoms. The number of hydrogen-bond donors (Lipinski definition) is 2. The summed E-state index contributed by atoms with van der Waals surface area (Å²) in [5.41, 5.74) is 2.35. The number of aliphatic hydroxyl groups is 1. The normalized spacial score (nSPS) is 26.2. The van der Waals surface area contributed by atoms with Crippen LogP contribution in [0, 0.1) is 5.92 Å². The Morgan fingerprint density at radius 2 is 1.97 bits per heavy atom. The number of alkyl halides is 3. The fourth-order valence-electron chi connectivity index (χ4n) is 5.17. The minimum atomic E-state index is -4.92. The molecule has 176 valence electrons. The summed E-state index contributed by atoms with van der Waals surface area (Å²) in [5.74, 6) is 0.0625. The summed E-state index contributed by atoms with van der Waals surface area (Å²) in [6.07, 6.45) is 1.60. The van der Waals surface area contributed by atoms with Crippen molar-refractivity contribution in [3.8, 4) is 11.3 Å². The van der Waals surface area contributed by atoms with Gasteiger partial charge in [0.15, 0.2) is 0 Å². The molecule has 2 heterocycles. The van der Waals surface area contributed by atoms with E-state index in [2.05, 4.69) is 22.3 Å². The van der Waals surface area contributed by atoms with Gasteiger partial charge in [0.05, 0.1) is 6.26 Å². The van der Waals surface area contributed by atoms with Crippen LogP contribution in [-0.4, -0.2) is 47.3 Å². The van der Waals surface area contributed by atoms with Gasteiger partial charge in [0, 0.05) is 23.2 Å². The van der Waals surface area contributed by atoms with E-state index in [1.54, 1.807) is 0 Å². The molecule has 5 nitrogen and oxygen atoms in total. The topological polar surface area (TPSA) is 65.7 Å². The van der Waals surface area contributed by atoms with Crippen LogP contribution in [0.5, 0.6) is 0 Å². The summed E-state index contributed by atoms with van der Waals surface area (Å²) in [6.45, 7) is 2.04. The lowest BCUT2D eigenvalue weighted by atomic mass is 9.83. The van der Waals surface area contributed by atoms with Gasteiger partial charge in [-0.1, -0.05) is 18.6 Å². The summed E-state index contributed by atoms with van der Waals surface area (Å²) in [6, 6.07) is 8.33. The number of carbonyl (C=O) groups excluding carboxylic acids is 1. The average molecular weight is 453 g/mol. The Kier molecular flexibility index (Phi) is 7.10. The first kappa shape index (κ1) is 23.1. The summed E-state index contributed by atoms with van der Waals surface area (Å²) in [7, 11) is 0. The van der Waals surface area contributed by atoms with Gasteiger partial charge in [0.2, 0.25) is 6.10 Å².